The smallest absolute Gasteiger partial charge is 0.0900 e. The normalized spacial score (nSPS) is 32.2. The van der Waals surface area contributed by atoms with Crippen molar-refractivity contribution in [2.24, 2.45) is 0 Å². The van der Waals surface area contributed by atoms with Crippen molar-refractivity contribution in [2.45, 2.75) is 24.2 Å². The lowest BCUT2D eigenvalue weighted by Crippen LogP contribution is -2.18. The van der Waals surface area contributed by atoms with Gasteiger partial charge in [-0.25, -0.2) is 0 Å². The first-order valence-corrected chi connectivity index (χ1v) is 5.31. The summed E-state index contributed by atoms with van der Waals surface area (Å²) < 4.78 is 10.4. The average Bonchev–Trinajstić information content (AvgIpc) is 2.86. The first-order chi connectivity index (χ1) is 5.45. The van der Waals surface area contributed by atoms with Gasteiger partial charge in [-0.1, -0.05) is 0 Å². The van der Waals surface area contributed by atoms with Gasteiger partial charge < -0.3 is 9.47 Å². The third-order valence-electron chi connectivity index (χ3n) is 2.09. The molecule has 11 heavy (non-hydrogen) atoms. The summed E-state index contributed by atoms with van der Waals surface area (Å²) in [6, 6.07) is 0. The van der Waals surface area contributed by atoms with Crippen molar-refractivity contribution in [2.75, 3.05) is 25.6 Å². The van der Waals surface area contributed by atoms with Gasteiger partial charge in [-0.05, 0) is 12.8 Å². The van der Waals surface area contributed by atoms with E-state index in [-0.39, 0.29) is 0 Å². The van der Waals surface area contributed by atoms with E-state index in [0.717, 1.165) is 25.1 Å². The summed E-state index contributed by atoms with van der Waals surface area (Å²) in [6.45, 7) is 2.92. The summed E-state index contributed by atoms with van der Waals surface area (Å²) in [5, 5.41) is 0.841. The van der Waals surface area contributed by atoms with Crippen molar-refractivity contribution in [1.29, 1.82) is 0 Å². The van der Waals surface area contributed by atoms with Gasteiger partial charge in [0.2, 0.25) is 0 Å². The molecule has 2 fully saturated rings. The minimum Gasteiger partial charge on any atom is -0.381 e. The monoisotopic (exact) mass is 174 g/mol. The van der Waals surface area contributed by atoms with Crippen LogP contribution in [-0.4, -0.2) is 36.9 Å². The van der Waals surface area contributed by atoms with Crippen LogP contribution in [0.1, 0.15) is 12.8 Å². The Hall–Kier alpha value is 0.270. The van der Waals surface area contributed by atoms with Crippen molar-refractivity contribution in [3.8, 4) is 0 Å². The molecule has 2 rings (SSSR count). The molecule has 2 heterocycles. The van der Waals surface area contributed by atoms with Gasteiger partial charge in [0, 0.05) is 24.2 Å². The molecule has 0 saturated carbocycles. The van der Waals surface area contributed by atoms with Crippen LogP contribution in [0.15, 0.2) is 0 Å². The van der Waals surface area contributed by atoms with Crippen molar-refractivity contribution >= 4 is 11.8 Å². The molecule has 0 aromatic rings. The van der Waals surface area contributed by atoms with Crippen LogP contribution in [0.2, 0.25) is 0 Å². The van der Waals surface area contributed by atoms with Crippen LogP contribution < -0.4 is 0 Å². The fourth-order valence-corrected chi connectivity index (χ4v) is 2.46. The van der Waals surface area contributed by atoms with Crippen LogP contribution in [0.25, 0.3) is 0 Å². The summed E-state index contributed by atoms with van der Waals surface area (Å²) in [5.41, 5.74) is 0. The Morgan fingerprint density at radius 1 is 1.27 bits per heavy atom. The minimum atomic E-state index is 0.586. The molecular weight excluding hydrogens is 160 g/mol. The summed E-state index contributed by atoms with van der Waals surface area (Å²) in [6.07, 6.45) is 3.05. The molecule has 1 unspecified atom stereocenters. The van der Waals surface area contributed by atoms with Gasteiger partial charge in [0.05, 0.1) is 12.7 Å². The Balaban J connectivity index is 1.59. The maximum Gasteiger partial charge on any atom is 0.0900 e. The highest BCUT2D eigenvalue weighted by molar-refractivity contribution is 7.99. The Morgan fingerprint density at radius 2 is 2.00 bits per heavy atom. The first-order valence-electron chi connectivity index (χ1n) is 4.26. The van der Waals surface area contributed by atoms with E-state index in [1.807, 2.05) is 0 Å². The molecule has 0 radical (unpaired) electrons. The number of ether oxygens (including phenoxy) is 2. The van der Waals surface area contributed by atoms with Crippen LogP contribution >= 0.6 is 11.8 Å². The van der Waals surface area contributed by atoms with Crippen LogP contribution in [0.4, 0.5) is 0 Å². The molecule has 0 spiro atoms. The van der Waals surface area contributed by atoms with E-state index < -0.39 is 0 Å². The molecule has 2 nitrogen and oxygen atoms in total. The van der Waals surface area contributed by atoms with E-state index in [1.165, 1.54) is 18.6 Å². The van der Waals surface area contributed by atoms with Crippen LogP contribution in [0, 0.1) is 0 Å². The second kappa shape index (κ2) is 3.78. The number of hydrogen-bond acceptors (Lipinski definition) is 3. The van der Waals surface area contributed by atoms with Gasteiger partial charge in [0.15, 0.2) is 0 Å². The van der Waals surface area contributed by atoms with Crippen molar-refractivity contribution in [1.82, 2.24) is 0 Å². The Bertz CT molecular complexity index is 119. The Morgan fingerprint density at radius 3 is 2.64 bits per heavy atom. The van der Waals surface area contributed by atoms with Gasteiger partial charge in [0.25, 0.3) is 0 Å². The van der Waals surface area contributed by atoms with E-state index in [9.17, 15) is 0 Å². The van der Waals surface area contributed by atoms with Crippen LogP contribution in [-0.2, 0) is 9.47 Å². The highest BCUT2D eigenvalue weighted by Gasteiger charge is 2.24. The lowest BCUT2D eigenvalue weighted by Gasteiger charge is -2.20. The summed E-state index contributed by atoms with van der Waals surface area (Å²) >= 11 is 2.06. The van der Waals surface area contributed by atoms with Gasteiger partial charge >= 0.3 is 0 Å². The molecule has 0 aromatic heterocycles. The van der Waals surface area contributed by atoms with E-state index in [4.69, 9.17) is 9.47 Å². The zero-order chi connectivity index (χ0) is 7.52. The number of hydrogen-bond donors (Lipinski definition) is 0. The zero-order valence-corrected chi connectivity index (χ0v) is 7.44. The topological polar surface area (TPSA) is 21.8 Å². The van der Waals surface area contributed by atoms with Crippen molar-refractivity contribution < 1.29 is 9.47 Å². The molecular formula is C8H14O2S. The molecule has 0 N–H and O–H groups in total. The summed E-state index contributed by atoms with van der Waals surface area (Å²) in [7, 11) is 0. The molecule has 0 aliphatic carbocycles. The maximum atomic E-state index is 5.28. The minimum absolute atomic E-state index is 0.586. The molecule has 0 bridgehead atoms. The molecule has 64 valence electrons. The number of rotatable bonds is 3. The third-order valence-corrected chi connectivity index (χ3v) is 3.60. The highest BCUT2D eigenvalue weighted by atomic mass is 32.2. The molecule has 2 saturated heterocycles. The fourth-order valence-electron chi connectivity index (χ4n) is 1.25. The van der Waals surface area contributed by atoms with E-state index in [1.54, 1.807) is 0 Å². The van der Waals surface area contributed by atoms with E-state index in [0.29, 0.717) is 6.10 Å². The number of thioether (sulfide) groups is 1. The van der Waals surface area contributed by atoms with Gasteiger partial charge in [-0.15, -0.1) is 0 Å². The molecule has 3 heteroatoms. The van der Waals surface area contributed by atoms with Gasteiger partial charge in [-0.2, -0.15) is 11.8 Å². The SMILES string of the molecule is C1CC(SCC2CO2)CCO1. The van der Waals surface area contributed by atoms with E-state index in [2.05, 4.69) is 11.8 Å². The second-order valence-corrected chi connectivity index (χ2v) is 4.43. The third kappa shape index (κ3) is 2.65. The quantitative estimate of drug-likeness (QED) is 0.602. The molecule has 0 amide bonds. The van der Waals surface area contributed by atoms with E-state index >= 15 is 0 Å². The Labute approximate surface area is 71.6 Å². The number of epoxide rings is 1. The van der Waals surface area contributed by atoms with Crippen LogP contribution in [0.5, 0.6) is 0 Å². The fraction of sp³-hybridized carbons (Fsp3) is 1.00. The molecule has 2 aliphatic rings. The van der Waals surface area contributed by atoms with Crippen molar-refractivity contribution in [3.05, 3.63) is 0 Å². The van der Waals surface area contributed by atoms with Crippen molar-refractivity contribution in [3.63, 3.8) is 0 Å². The van der Waals surface area contributed by atoms with Gasteiger partial charge in [0.1, 0.15) is 0 Å². The lowest BCUT2D eigenvalue weighted by atomic mass is 10.2. The highest BCUT2D eigenvalue weighted by Crippen LogP contribution is 2.25. The molecule has 1 atom stereocenters. The predicted octanol–water partition coefficient (Wildman–Crippen LogP) is 1.30. The average molecular weight is 174 g/mol. The molecule has 2 aliphatic heterocycles. The summed E-state index contributed by atoms with van der Waals surface area (Å²) in [5.74, 6) is 1.20. The van der Waals surface area contributed by atoms with Gasteiger partial charge in [-0.3, -0.25) is 0 Å². The lowest BCUT2D eigenvalue weighted by molar-refractivity contribution is 0.1000. The Kier molecular flexibility index (Phi) is 2.72. The zero-order valence-electron chi connectivity index (χ0n) is 6.62. The predicted molar refractivity (Wildman–Crippen MR) is 46.0 cm³/mol. The largest absolute Gasteiger partial charge is 0.381 e. The summed E-state index contributed by atoms with van der Waals surface area (Å²) in [4.78, 5) is 0. The standard InChI is InChI=1S/C8H14O2S/c1-3-9-4-2-8(1)11-6-7-5-10-7/h7-8H,1-6H2. The van der Waals surface area contributed by atoms with Crippen LogP contribution in [0.3, 0.4) is 0 Å². The molecule has 0 aromatic carbocycles. The second-order valence-electron chi connectivity index (χ2n) is 3.10. The maximum absolute atomic E-state index is 5.28. The first kappa shape index (κ1) is 7.90.